The Balaban J connectivity index is 2.37. The lowest BCUT2D eigenvalue weighted by Gasteiger charge is -2.06. The first-order chi connectivity index (χ1) is 7.09. The second-order valence-corrected chi connectivity index (χ2v) is 5.07. The fraction of sp³-hybridized carbons (Fsp3) is 0.455. The summed E-state index contributed by atoms with van der Waals surface area (Å²) in [6, 6.07) is 4.76. The SMILES string of the molecule is CC(N)CCSCc1ccc(F)cc1Cl. The van der Waals surface area contributed by atoms with Gasteiger partial charge in [-0.25, -0.2) is 4.39 Å². The van der Waals surface area contributed by atoms with Crippen molar-refractivity contribution in [1.29, 1.82) is 0 Å². The van der Waals surface area contributed by atoms with E-state index in [2.05, 4.69) is 0 Å². The van der Waals surface area contributed by atoms with E-state index in [9.17, 15) is 4.39 Å². The lowest BCUT2D eigenvalue weighted by molar-refractivity contribution is 0.627. The van der Waals surface area contributed by atoms with Crippen LogP contribution in [0.1, 0.15) is 18.9 Å². The first-order valence-corrected chi connectivity index (χ1v) is 6.40. The monoisotopic (exact) mass is 247 g/mol. The van der Waals surface area contributed by atoms with Crippen LogP contribution < -0.4 is 5.73 Å². The molecule has 0 aromatic heterocycles. The topological polar surface area (TPSA) is 26.0 Å². The summed E-state index contributed by atoms with van der Waals surface area (Å²) in [5, 5.41) is 0.503. The van der Waals surface area contributed by atoms with Gasteiger partial charge in [0, 0.05) is 16.8 Å². The van der Waals surface area contributed by atoms with Crippen LogP contribution in [0.3, 0.4) is 0 Å². The second kappa shape index (κ2) is 6.36. The van der Waals surface area contributed by atoms with Gasteiger partial charge in [-0.05, 0) is 36.8 Å². The van der Waals surface area contributed by atoms with Gasteiger partial charge >= 0.3 is 0 Å². The van der Waals surface area contributed by atoms with Gasteiger partial charge in [0.25, 0.3) is 0 Å². The molecule has 1 aromatic carbocycles. The molecule has 4 heteroatoms. The van der Waals surface area contributed by atoms with Crippen LogP contribution in [0.25, 0.3) is 0 Å². The van der Waals surface area contributed by atoms with Crippen LogP contribution >= 0.6 is 23.4 Å². The molecule has 0 heterocycles. The Morgan fingerprint density at radius 1 is 1.53 bits per heavy atom. The molecule has 1 atom stereocenters. The van der Waals surface area contributed by atoms with Crippen LogP contribution in [0, 0.1) is 5.82 Å². The van der Waals surface area contributed by atoms with Crippen LogP contribution in [-0.4, -0.2) is 11.8 Å². The van der Waals surface area contributed by atoms with Crippen LogP contribution in [-0.2, 0) is 5.75 Å². The van der Waals surface area contributed by atoms with Crippen molar-refractivity contribution in [2.24, 2.45) is 5.73 Å². The molecule has 84 valence electrons. The summed E-state index contributed by atoms with van der Waals surface area (Å²) in [5.41, 5.74) is 6.61. The lowest BCUT2D eigenvalue weighted by atomic mass is 10.2. The van der Waals surface area contributed by atoms with Crippen molar-refractivity contribution in [3.8, 4) is 0 Å². The molecule has 1 aromatic rings. The number of hydrogen-bond acceptors (Lipinski definition) is 2. The lowest BCUT2D eigenvalue weighted by Crippen LogP contribution is -2.15. The highest BCUT2D eigenvalue weighted by atomic mass is 35.5. The quantitative estimate of drug-likeness (QED) is 0.807. The van der Waals surface area contributed by atoms with E-state index < -0.39 is 0 Å². The van der Waals surface area contributed by atoms with Crippen LogP contribution in [0.5, 0.6) is 0 Å². The summed E-state index contributed by atoms with van der Waals surface area (Å²) in [6.45, 7) is 1.99. The molecule has 0 aliphatic heterocycles. The zero-order valence-corrected chi connectivity index (χ0v) is 10.2. The predicted octanol–water partition coefficient (Wildman–Crippen LogP) is 3.45. The largest absolute Gasteiger partial charge is 0.328 e. The molecule has 0 fully saturated rings. The maximum absolute atomic E-state index is 12.7. The summed E-state index contributed by atoms with van der Waals surface area (Å²) in [6.07, 6.45) is 0.990. The number of thioether (sulfide) groups is 1. The van der Waals surface area contributed by atoms with Gasteiger partial charge < -0.3 is 5.73 Å². The van der Waals surface area contributed by atoms with E-state index in [0.717, 1.165) is 23.5 Å². The van der Waals surface area contributed by atoms with E-state index in [-0.39, 0.29) is 11.9 Å². The summed E-state index contributed by atoms with van der Waals surface area (Å²) in [4.78, 5) is 0. The molecule has 2 N–H and O–H groups in total. The van der Waals surface area contributed by atoms with Gasteiger partial charge in [-0.1, -0.05) is 17.7 Å². The third-order valence-corrected chi connectivity index (χ3v) is 3.38. The molecule has 15 heavy (non-hydrogen) atoms. The molecular formula is C11H15ClFNS. The average Bonchev–Trinajstić information content (AvgIpc) is 2.14. The first kappa shape index (κ1) is 12.8. The Bertz CT molecular complexity index is 317. The molecule has 0 bridgehead atoms. The van der Waals surface area contributed by atoms with Crippen LogP contribution in [0.4, 0.5) is 4.39 Å². The van der Waals surface area contributed by atoms with Gasteiger partial charge in [-0.3, -0.25) is 0 Å². The van der Waals surface area contributed by atoms with Crippen molar-refractivity contribution in [3.63, 3.8) is 0 Å². The number of nitrogens with two attached hydrogens (primary N) is 1. The Morgan fingerprint density at radius 3 is 2.87 bits per heavy atom. The number of rotatable bonds is 5. The van der Waals surface area contributed by atoms with Gasteiger partial charge in [0.1, 0.15) is 5.82 Å². The Kier molecular flexibility index (Phi) is 5.43. The molecule has 0 aliphatic carbocycles. The molecule has 1 unspecified atom stereocenters. The van der Waals surface area contributed by atoms with Gasteiger partial charge in [0.2, 0.25) is 0 Å². The summed E-state index contributed by atoms with van der Waals surface area (Å²) < 4.78 is 12.7. The minimum absolute atomic E-state index is 0.237. The van der Waals surface area contributed by atoms with E-state index >= 15 is 0 Å². The first-order valence-electron chi connectivity index (χ1n) is 4.87. The minimum atomic E-state index is -0.288. The third-order valence-electron chi connectivity index (χ3n) is 1.99. The second-order valence-electron chi connectivity index (χ2n) is 3.55. The van der Waals surface area contributed by atoms with Crippen molar-refractivity contribution in [2.45, 2.75) is 25.1 Å². The fourth-order valence-electron chi connectivity index (χ4n) is 1.09. The predicted molar refractivity (Wildman–Crippen MR) is 65.8 cm³/mol. The molecule has 0 saturated carbocycles. The van der Waals surface area contributed by atoms with Gasteiger partial charge in [0.05, 0.1) is 0 Å². The third kappa shape index (κ3) is 4.87. The smallest absolute Gasteiger partial charge is 0.124 e. The highest BCUT2D eigenvalue weighted by Gasteiger charge is 2.02. The van der Waals surface area contributed by atoms with E-state index in [1.165, 1.54) is 12.1 Å². The summed E-state index contributed by atoms with van der Waals surface area (Å²) >= 11 is 7.66. The zero-order chi connectivity index (χ0) is 11.3. The molecule has 0 radical (unpaired) electrons. The summed E-state index contributed by atoms with van der Waals surface area (Å²) in [5.74, 6) is 1.53. The fourth-order valence-corrected chi connectivity index (χ4v) is 2.56. The number of benzene rings is 1. The molecule has 0 amide bonds. The van der Waals surface area contributed by atoms with Crippen molar-refractivity contribution in [1.82, 2.24) is 0 Å². The van der Waals surface area contributed by atoms with Crippen LogP contribution in [0.15, 0.2) is 18.2 Å². The molecule has 0 aliphatic rings. The van der Waals surface area contributed by atoms with Crippen molar-refractivity contribution in [3.05, 3.63) is 34.6 Å². The van der Waals surface area contributed by atoms with E-state index in [4.69, 9.17) is 17.3 Å². The number of halogens is 2. The zero-order valence-electron chi connectivity index (χ0n) is 8.67. The standard InChI is InChI=1S/C11H15ClFNS/c1-8(14)4-5-15-7-9-2-3-10(13)6-11(9)12/h2-3,6,8H,4-5,7,14H2,1H3. The Morgan fingerprint density at radius 2 is 2.27 bits per heavy atom. The molecule has 0 spiro atoms. The highest BCUT2D eigenvalue weighted by molar-refractivity contribution is 7.98. The average molecular weight is 248 g/mol. The maximum Gasteiger partial charge on any atom is 0.124 e. The minimum Gasteiger partial charge on any atom is -0.328 e. The van der Waals surface area contributed by atoms with Crippen LogP contribution in [0.2, 0.25) is 5.02 Å². The molecular weight excluding hydrogens is 233 g/mol. The highest BCUT2D eigenvalue weighted by Crippen LogP contribution is 2.22. The van der Waals surface area contributed by atoms with Crippen molar-refractivity contribution in [2.75, 3.05) is 5.75 Å². The van der Waals surface area contributed by atoms with E-state index in [0.29, 0.717) is 5.02 Å². The molecule has 0 saturated heterocycles. The van der Waals surface area contributed by atoms with E-state index in [1.54, 1.807) is 17.8 Å². The van der Waals surface area contributed by atoms with Crippen molar-refractivity contribution < 1.29 is 4.39 Å². The molecule has 1 rings (SSSR count). The van der Waals surface area contributed by atoms with Gasteiger partial charge in [-0.2, -0.15) is 11.8 Å². The van der Waals surface area contributed by atoms with Gasteiger partial charge in [0.15, 0.2) is 0 Å². The Labute approximate surface area is 99.2 Å². The van der Waals surface area contributed by atoms with Crippen molar-refractivity contribution >= 4 is 23.4 Å². The van der Waals surface area contributed by atoms with Gasteiger partial charge in [-0.15, -0.1) is 0 Å². The van der Waals surface area contributed by atoms with E-state index in [1.807, 2.05) is 6.92 Å². The Hall–Kier alpha value is -0.250. The maximum atomic E-state index is 12.7. The molecule has 1 nitrogen and oxygen atoms in total. The summed E-state index contributed by atoms with van der Waals surface area (Å²) in [7, 11) is 0. The normalized spacial score (nSPS) is 12.8. The number of hydrogen-bond donors (Lipinski definition) is 1.